The number of rotatable bonds is 3. The largest absolute Gasteiger partial charge is 0.378 e. The molecule has 2 atom stereocenters. The SMILES string of the molecule is CC(=O)N1c2ccc(-c3cn[nH]c3)cc2[C@H](Nc2ccc(C#CCN)cc2)C[C@@H]1C. The topological polar surface area (TPSA) is 87.0 Å². The van der Waals surface area contributed by atoms with E-state index in [4.69, 9.17) is 5.73 Å². The summed E-state index contributed by atoms with van der Waals surface area (Å²) in [5.41, 5.74) is 11.6. The molecule has 152 valence electrons. The molecule has 0 fully saturated rings. The number of anilines is 2. The zero-order chi connectivity index (χ0) is 21.1. The molecule has 6 heteroatoms. The summed E-state index contributed by atoms with van der Waals surface area (Å²) in [5, 5.41) is 10.6. The van der Waals surface area contributed by atoms with Crippen molar-refractivity contribution < 1.29 is 4.79 Å². The monoisotopic (exact) mass is 399 g/mol. The van der Waals surface area contributed by atoms with E-state index in [0.717, 1.165) is 40.0 Å². The average molecular weight is 399 g/mol. The molecule has 1 amide bonds. The highest BCUT2D eigenvalue weighted by Gasteiger charge is 2.32. The summed E-state index contributed by atoms with van der Waals surface area (Å²) in [7, 11) is 0. The standard InChI is InChI=1S/C24H25N5O/c1-16-12-23(28-21-8-5-18(6-9-21)4-3-11-25)22-13-19(20-14-26-27-15-20)7-10-24(22)29(16)17(2)30/h5-10,13-16,23,28H,11-12,25H2,1-2H3,(H,26,27)/t16-,23+/m0/s1. The first kappa shape index (κ1) is 19.7. The Morgan fingerprint density at radius 3 is 2.73 bits per heavy atom. The van der Waals surface area contributed by atoms with Crippen molar-refractivity contribution in [1.29, 1.82) is 0 Å². The number of fused-ring (bicyclic) bond motifs is 1. The molecule has 4 N–H and O–H groups in total. The third kappa shape index (κ3) is 3.93. The van der Waals surface area contributed by atoms with Crippen LogP contribution in [0, 0.1) is 11.8 Å². The van der Waals surface area contributed by atoms with Crippen molar-refractivity contribution >= 4 is 17.3 Å². The maximum absolute atomic E-state index is 12.3. The van der Waals surface area contributed by atoms with Crippen LogP contribution in [0.4, 0.5) is 11.4 Å². The lowest BCUT2D eigenvalue weighted by Gasteiger charge is -2.39. The van der Waals surface area contributed by atoms with Crippen LogP contribution >= 0.6 is 0 Å². The highest BCUT2D eigenvalue weighted by molar-refractivity contribution is 5.94. The van der Waals surface area contributed by atoms with Crippen molar-refractivity contribution in [3.8, 4) is 23.0 Å². The predicted molar refractivity (Wildman–Crippen MR) is 120 cm³/mol. The van der Waals surface area contributed by atoms with E-state index in [1.165, 1.54) is 0 Å². The summed E-state index contributed by atoms with van der Waals surface area (Å²) in [6, 6.07) is 14.4. The van der Waals surface area contributed by atoms with Crippen LogP contribution in [0.15, 0.2) is 54.9 Å². The van der Waals surface area contributed by atoms with Crippen molar-refractivity contribution in [1.82, 2.24) is 10.2 Å². The van der Waals surface area contributed by atoms with Gasteiger partial charge in [0.2, 0.25) is 5.91 Å². The number of benzene rings is 2. The van der Waals surface area contributed by atoms with Gasteiger partial charge in [-0.3, -0.25) is 9.89 Å². The minimum absolute atomic E-state index is 0.0566. The van der Waals surface area contributed by atoms with E-state index in [1.54, 1.807) is 13.1 Å². The summed E-state index contributed by atoms with van der Waals surface area (Å²) in [6.07, 6.45) is 4.50. The molecule has 0 unspecified atom stereocenters. The molecule has 0 radical (unpaired) electrons. The summed E-state index contributed by atoms with van der Waals surface area (Å²) in [4.78, 5) is 14.2. The van der Waals surface area contributed by atoms with Gasteiger partial charge in [0.1, 0.15) is 0 Å². The van der Waals surface area contributed by atoms with E-state index >= 15 is 0 Å². The van der Waals surface area contributed by atoms with Crippen molar-refractivity contribution in [2.24, 2.45) is 5.73 Å². The molecule has 0 spiro atoms. The molecule has 2 heterocycles. The normalized spacial score (nSPS) is 17.6. The maximum Gasteiger partial charge on any atom is 0.224 e. The fraction of sp³-hybridized carbons (Fsp3) is 0.250. The molecule has 3 aromatic rings. The Bertz CT molecular complexity index is 1090. The number of nitrogens with one attached hydrogen (secondary N) is 2. The van der Waals surface area contributed by atoms with Gasteiger partial charge in [-0.2, -0.15) is 5.10 Å². The Labute approximate surface area is 176 Å². The van der Waals surface area contributed by atoms with Crippen LogP contribution in [0.5, 0.6) is 0 Å². The quantitative estimate of drug-likeness (QED) is 0.586. The molecule has 0 saturated heterocycles. The molecule has 2 aromatic carbocycles. The molecule has 6 nitrogen and oxygen atoms in total. The first-order valence-electron chi connectivity index (χ1n) is 10.0. The lowest BCUT2D eigenvalue weighted by Crippen LogP contribution is -2.43. The maximum atomic E-state index is 12.3. The predicted octanol–water partition coefficient (Wildman–Crippen LogP) is 3.69. The number of amides is 1. The number of carbonyl (C=O) groups excluding carboxylic acids is 1. The first-order valence-corrected chi connectivity index (χ1v) is 10.0. The van der Waals surface area contributed by atoms with E-state index in [0.29, 0.717) is 6.54 Å². The second-order valence-electron chi connectivity index (χ2n) is 7.51. The van der Waals surface area contributed by atoms with Crippen LogP contribution in [0.25, 0.3) is 11.1 Å². The van der Waals surface area contributed by atoms with Gasteiger partial charge in [-0.1, -0.05) is 17.9 Å². The number of nitrogens with two attached hydrogens (primary N) is 1. The minimum atomic E-state index is 0.0566. The molecule has 1 aliphatic heterocycles. The van der Waals surface area contributed by atoms with Gasteiger partial charge in [0.15, 0.2) is 0 Å². The van der Waals surface area contributed by atoms with Gasteiger partial charge in [0.05, 0.1) is 18.8 Å². The zero-order valence-electron chi connectivity index (χ0n) is 17.1. The van der Waals surface area contributed by atoms with E-state index in [9.17, 15) is 4.79 Å². The fourth-order valence-corrected chi connectivity index (χ4v) is 4.07. The van der Waals surface area contributed by atoms with Gasteiger partial charge in [0, 0.05) is 41.7 Å². The first-order chi connectivity index (χ1) is 14.6. The Hall–Kier alpha value is -3.56. The third-order valence-corrected chi connectivity index (χ3v) is 5.41. The van der Waals surface area contributed by atoms with Gasteiger partial charge < -0.3 is 16.0 Å². The molecule has 30 heavy (non-hydrogen) atoms. The Morgan fingerprint density at radius 1 is 1.27 bits per heavy atom. The van der Waals surface area contributed by atoms with Gasteiger partial charge in [-0.15, -0.1) is 0 Å². The van der Waals surface area contributed by atoms with Crippen molar-refractivity contribution in [2.75, 3.05) is 16.8 Å². The molecule has 0 bridgehead atoms. The summed E-state index contributed by atoms with van der Waals surface area (Å²) >= 11 is 0. The molecule has 0 saturated carbocycles. The Morgan fingerprint density at radius 2 is 2.07 bits per heavy atom. The van der Waals surface area contributed by atoms with Crippen molar-refractivity contribution in [3.63, 3.8) is 0 Å². The van der Waals surface area contributed by atoms with Crippen molar-refractivity contribution in [3.05, 3.63) is 66.0 Å². The highest BCUT2D eigenvalue weighted by atomic mass is 16.2. The minimum Gasteiger partial charge on any atom is -0.378 e. The lowest BCUT2D eigenvalue weighted by molar-refractivity contribution is -0.117. The number of hydrogen-bond donors (Lipinski definition) is 3. The number of aromatic amines is 1. The molecule has 0 aliphatic carbocycles. The number of aromatic nitrogens is 2. The van der Waals surface area contributed by atoms with Gasteiger partial charge >= 0.3 is 0 Å². The lowest BCUT2D eigenvalue weighted by atomic mass is 9.89. The van der Waals surface area contributed by atoms with Gasteiger partial charge in [0.25, 0.3) is 0 Å². The van der Waals surface area contributed by atoms with E-state index < -0.39 is 0 Å². The number of nitrogens with zero attached hydrogens (tertiary/aromatic N) is 2. The summed E-state index contributed by atoms with van der Waals surface area (Å²) in [6.45, 7) is 4.07. The van der Waals surface area contributed by atoms with Crippen LogP contribution < -0.4 is 16.0 Å². The fourth-order valence-electron chi connectivity index (χ4n) is 4.07. The zero-order valence-corrected chi connectivity index (χ0v) is 17.1. The molecule has 1 aromatic heterocycles. The second kappa shape index (κ2) is 8.44. The Kier molecular flexibility index (Phi) is 5.55. The number of H-pyrrole nitrogens is 1. The number of carbonyl (C=O) groups is 1. The Balaban J connectivity index is 1.69. The van der Waals surface area contributed by atoms with Gasteiger partial charge in [-0.25, -0.2) is 0 Å². The second-order valence-corrected chi connectivity index (χ2v) is 7.51. The third-order valence-electron chi connectivity index (χ3n) is 5.41. The summed E-state index contributed by atoms with van der Waals surface area (Å²) in [5.74, 6) is 5.97. The summed E-state index contributed by atoms with van der Waals surface area (Å²) < 4.78 is 0. The average Bonchev–Trinajstić information content (AvgIpc) is 3.27. The van der Waals surface area contributed by atoms with Crippen LogP contribution in [-0.4, -0.2) is 28.7 Å². The molecule has 1 aliphatic rings. The van der Waals surface area contributed by atoms with E-state index in [-0.39, 0.29) is 18.0 Å². The smallest absolute Gasteiger partial charge is 0.224 e. The van der Waals surface area contributed by atoms with Gasteiger partial charge in [-0.05, 0) is 60.9 Å². The molecule has 4 rings (SSSR count). The highest BCUT2D eigenvalue weighted by Crippen LogP contribution is 2.41. The van der Waals surface area contributed by atoms with Crippen LogP contribution in [0.3, 0.4) is 0 Å². The van der Waals surface area contributed by atoms with Crippen LogP contribution in [-0.2, 0) is 4.79 Å². The van der Waals surface area contributed by atoms with Crippen LogP contribution in [0.2, 0.25) is 0 Å². The van der Waals surface area contributed by atoms with E-state index in [2.05, 4.69) is 40.3 Å². The number of hydrogen-bond acceptors (Lipinski definition) is 4. The van der Waals surface area contributed by atoms with Crippen LogP contribution in [0.1, 0.15) is 37.4 Å². The van der Waals surface area contributed by atoms with E-state index in [1.807, 2.05) is 47.5 Å². The molecular weight excluding hydrogens is 374 g/mol. The van der Waals surface area contributed by atoms with Crippen molar-refractivity contribution in [2.45, 2.75) is 32.4 Å². The molecular formula is C24H25N5O.